The first kappa shape index (κ1) is 19.9. The van der Waals surface area contributed by atoms with Gasteiger partial charge in [-0.15, -0.1) is 0 Å². The van der Waals surface area contributed by atoms with Crippen molar-refractivity contribution in [2.75, 3.05) is 18.9 Å². The van der Waals surface area contributed by atoms with Gasteiger partial charge in [0.2, 0.25) is 0 Å². The number of ether oxygens (including phenoxy) is 2. The van der Waals surface area contributed by atoms with E-state index in [1.807, 2.05) is 60.7 Å². The number of benzene rings is 2. The van der Waals surface area contributed by atoms with E-state index in [2.05, 4.69) is 4.98 Å². The third-order valence-corrected chi connectivity index (χ3v) is 5.76. The van der Waals surface area contributed by atoms with E-state index in [1.54, 1.807) is 0 Å². The van der Waals surface area contributed by atoms with Gasteiger partial charge in [0.25, 0.3) is 0 Å². The summed E-state index contributed by atoms with van der Waals surface area (Å²) in [6.45, 7) is 0.463. The smallest absolute Gasteiger partial charge is 0.193 e. The van der Waals surface area contributed by atoms with Gasteiger partial charge in [0.1, 0.15) is 6.10 Å². The van der Waals surface area contributed by atoms with E-state index >= 15 is 0 Å². The number of nitrogens with one attached hydrogen (secondary N) is 1. The Hall–Kier alpha value is -3.06. The molecule has 0 bridgehead atoms. The van der Waals surface area contributed by atoms with Crippen LogP contribution in [0.1, 0.15) is 6.42 Å². The Kier molecular flexibility index (Phi) is 5.28. The number of hydrogen-bond donors (Lipinski definition) is 3. The first-order valence-corrected chi connectivity index (χ1v) is 10.5. The molecule has 6 nitrogen and oxygen atoms in total. The van der Waals surface area contributed by atoms with E-state index in [1.165, 1.54) is 0 Å². The number of pyridine rings is 1. The van der Waals surface area contributed by atoms with Crippen molar-refractivity contribution in [2.24, 2.45) is 0 Å². The zero-order valence-electron chi connectivity index (χ0n) is 16.7. The second-order valence-electron chi connectivity index (χ2n) is 7.70. The second kappa shape index (κ2) is 8.23. The van der Waals surface area contributed by atoms with Crippen molar-refractivity contribution in [1.82, 2.24) is 9.97 Å². The van der Waals surface area contributed by atoms with Gasteiger partial charge in [-0.2, -0.15) is 0 Å². The van der Waals surface area contributed by atoms with Crippen LogP contribution < -0.4 is 10.5 Å². The first-order chi connectivity index (χ1) is 15.1. The summed E-state index contributed by atoms with van der Waals surface area (Å²) < 4.78 is 11.4. The summed E-state index contributed by atoms with van der Waals surface area (Å²) in [4.78, 5) is 7.97. The Bertz CT molecular complexity index is 1210. The molecule has 1 saturated heterocycles. The Morgan fingerprint density at radius 2 is 1.74 bits per heavy atom. The van der Waals surface area contributed by atoms with E-state index in [0.29, 0.717) is 29.6 Å². The van der Waals surface area contributed by atoms with Gasteiger partial charge in [-0.25, -0.2) is 4.98 Å². The van der Waals surface area contributed by atoms with Crippen molar-refractivity contribution in [3.05, 3.63) is 65.7 Å². The van der Waals surface area contributed by atoms with Crippen LogP contribution in [-0.2, 0) is 4.74 Å². The fourth-order valence-electron chi connectivity index (χ4n) is 3.83. The van der Waals surface area contributed by atoms with Crippen LogP contribution in [0, 0.1) is 0 Å². The number of hydrogen-bond acceptors (Lipinski definition) is 5. The SMILES string of the molecule is Nc1ccc(-c2ccc(-c3nc4cc(O[C@@H]5COC(CO)C5)[nH]c4cc3Cl)cc2)cc1. The van der Waals surface area contributed by atoms with Crippen molar-refractivity contribution >= 4 is 28.3 Å². The first-order valence-electron chi connectivity index (χ1n) is 10.1. The monoisotopic (exact) mass is 435 g/mol. The van der Waals surface area contributed by atoms with Gasteiger partial charge in [0.05, 0.1) is 41.1 Å². The molecule has 2 aromatic heterocycles. The zero-order valence-corrected chi connectivity index (χ0v) is 17.5. The molecular weight excluding hydrogens is 414 g/mol. The molecular formula is C24H22ClN3O3. The summed E-state index contributed by atoms with van der Waals surface area (Å²) in [5, 5.41) is 9.77. The van der Waals surface area contributed by atoms with Gasteiger partial charge < -0.3 is 25.3 Å². The highest BCUT2D eigenvalue weighted by Crippen LogP contribution is 2.33. The molecule has 1 aliphatic heterocycles. The van der Waals surface area contributed by atoms with Gasteiger partial charge in [-0.1, -0.05) is 48.0 Å². The summed E-state index contributed by atoms with van der Waals surface area (Å²) in [5.41, 5.74) is 11.9. The van der Waals surface area contributed by atoms with Crippen LogP contribution in [-0.4, -0.2) is 40.5 Å². The standard InChI is InChI=1S/C24H22ClN3O3/c25-20-10-21-22(11-23(27-21)31-19-9-18(12-29)30-13-19)28-24(20)16-3-1-14(2-4-16)15-5-7-17(26)8-6-15/h1-8,10-11,18-19,27,29H,9,12-13,26H2/t18?,19-/m0/s1. The molecule has 1 aliphatic rings. The lowest BCUT2D eigenvalue weighted by atomic mass is 10.0. The molecule has 0 aliphatic carbocycles. The van der Waals surface area contributed by atoms with Crippen molar-refractivity contribution < 1.29 is 14.6 Å². The number of aromatic nitrogens is 2. The van der Waals surface area contributed by atoms with Crippen molar-refractivity contribution in [3.8, 4) is 28.3 Å². The number of aromatic amines is 1. The minimum absolute atomic E-state index is 0.00417. The van der Waals surface area contributed by atoms with Crippen molar-refractivity contribution in [2.45, 2.75) is 18.6 Å². The number of H-pyrrole nitrogens is 1. The maximum atomic E-state index is 9.21. The van der Waals surface area contributed by atoms with Crippen LogP contribution in [0.15, 0.2) is 60.7 Å². The number of nitrogen functional groups attached to an aromatic ring is 1. The molecule has 0 spiro atoms. The summed E-state index contributed by atoms with van der Waals surface area (Å²) in [6.07, 6.45) is 0.400. The number of nitrogens with zero attached hydrogens (tertiary/aromatic N) is 1. The number of halogens is 1. The maximum Gasteiger partial charge on any atom is 0.193 e. The third-order valence-electron chi connectivity index (χ3n) is 5.47. The fraction of sp³-hybridized carbons (Fsp3) is 0.208. The van der Waals surface area contributed by atoms with E-state index < -0.39 is 0 Å². The fourth-order valence-corrected chi connectivity index (χ4v) is 4.09. The highest BCUT2D eigenvalue weighted by Gasteiger charge is 2.27. The molecule has 158 valence electrons. The Balaban J connectivity index is 1.39. The topological polar surface area (TPSA) is 93.4 Å². The molecule has 31 heavy (non-hydrogen) atoms. The Labute approximate surface area is 184 Å². The van der Waals surface area contributed by atoms with Crippen molar-refractivity contribution in [1.29, 1.82) is 0 Å². The minimum Gasteiger partial charge on any atom is -0.473 e. The summed E-state index contributed by atoms with van der Waals surface area (Å²) >= 11 is 6.54. The summed E-state index contributed by atoms with van der Waals surface area (Å²) in [7, 11) is 0. The van der Waals surface area contributed by atoms with Gasteiger partial charge >= 0.3 is 0 Å². The van der Waals surface area contributed by atoms with Crippen LogP contribution in [0.2, 0.25) is 5.02 Å². The second-order valence-corrected chi connectivity index (χ2v) is 8.11. The molecule has 4 N–H and O–H groups in total. The molecule has 7 heteroatoms. The van der Waals surface area contributed by atoms with Gasteiger partial charge in [0.15, 0.2) is 5.88 Å². The molecule has 2 atom stereocenters. The Morgan fingerprint density at radius 1 is 1.06 bits per heavy atom. The van der Waals surface area contributed by atoms with Crippen LogP contribution >= 0.6 is 11.6 Å². The third kappa shape index (κ3) is 4.10. The molecule has 2 aromatic carbocycles. The lowest BCUT2D eigenvalue weighted by molar-refractivity contribution is 0.0531. The van der Waals surface area contributed by atoms with Crippen LogP contribution in [0.5, 0.6) is 5.88 Å². The number of rotatable bonds is 5. The molecule has 5 rings (SSSR count). The molecule has 1 unspecified atom stereocenters. The normalized spacial score (nSPS) is 18.5. The lowest BCUT2D eigenvalue weighted by Crippen LogP contribution is -2.17. The zero-order chi connectivity index (χ0) is 21.4. The average Bonchev–Trinajstić information content (AvgIpc) is 3.40. The van der Waals surface area contributed by atoms with E-state index in [-0.39, 0.29) is 18.8 Å². The molecule has 1 fully saturated rings. The van der Waals surface area contributed by atoms with E-state index in [0.717, 1.165) is 33.4 Å². The highest BCUT2D eigenvalue weighted by molar-refractivity contribution is 6.33. The van der Waals surface area contributed by atoms with Gasteiger partial charge in [-0.3, -0.25) is 0 Å². The molecule has 4 aromatic rings. The largest absolute Gasteiger partial charge is 0.473 e. The van der Waals surface area contributed by atoms with Crippen LogP contribution in [0.3, 0.4) is 0 Å². The molecule has 0 amide bonds. The number of fused-ring (bicyclic) bond motifs is 1. The Morgan fingerprint density at radius 3 is 2.42 bits per heavy atom. The summed E-state index contributed by atoms with van der Waals surface area (Å²) in [6, 6.07) is 19.6. The highest BCUT2D eigenvalue weighted by atomic mass is 35.5. The molecule has 3 heterocycles. The number of anilines is 1. The predicted octanol–water partition coefficient (Wildman–Crippen LogP) is 4.66. The van der Waals surface area contributed by atoms with Gasteiger partial charge in [0, 0.05) is 23.7 Å². The summed E-state index contributed by atoms with van der Waals surface area (Å²) in [5.74, 6) is 0.613. The molecule has 0 saturated carbocycles. The lowest BCUT2D eigenvalue weighted by Gasteiger charge is -2.09. The van der Waals surface area contributed by atoms with Crippen LogP contribution in [0.25, 0.3) is 33.4 Å². The molecule has 0 radical (unpaired) electrons. The van der Waals surface area contributed by atoms with Crippen LogP contribution in [0.4, 0.5) is 5.69 Å². The predicted molar refractivity (Wildman–Crippen MR) is 122 cm³/mol. The number of aliphatic hydroxyl groups excluding tert-OH is 1. The number of nitrogens with two attached hydrogens (primary N) is 1. The maximum absolute atomic E-state index is 9.21. The average molecular weight is 436 g/mol. The van der Waals surface area contributed by atoms with E-state index in [4.69, 9.17) is 31.8 Å². The minimum atomic E-state index is -0.162. The number of aliphatic hydroxyl groups is 1. The van der Waals surface area contributed by atoms with E-state index in [9.17, 15) is 5.11 Å². The van der Waals surface area contributed by atoms with Gasteiger partial charge in [-0.05, 0) is 29.3 Å². The quantitative estimate of drug-likeness (QED) is 0.396. The van der Waals surface area contributed by atoms with Crippen molar-refractivity contribution in [3.63, 3.8) is 0 Å².